The topological polar surface area (TPSA) is 274 Å². The second-order valence-corrected chi connectivity index (χ2v) is 27.6. The number of imidazole rings is 2. The molecule has 2 amide bonds. The number of aromatic nitrogens is 8. The maximum atomic E-state index is 11.5. The molecule has 10 N–H and O–H groups in total. The van der Waals surface area contributed by atoms with Crippen molar-refractivity contribution >= 4 is 81.3 Å². The third-order valence-corrected chi connectivity index (χ3v) is 20.3. The van der Waals surface area contributed by atoms with Crippen LogP contribution in [-0.4, -0.2) is 107 Å². The Bertz CT molecular complexity index is 4460. The summed E-state index contributed by atoms with van der Waals surface area (Å²) in [5.41, 5.74) is 38.4. The molecule has 9 heterocycles. The van der Waals surface area contributed by atoms with Gasteiger partial charge in [0, 0.05) is 104 Å². The number of nitrogens with one attached hydrogen (secondary N) is 2. The van der Waals surface area contributed by atoms with Gasteiger partial charge in [0.2, 0.25) is 11.8 Å². The number of hydrogen-bond donors (Lipinski definition) is 6. The molecule has 15 rings (SSSR count). The Labute approximate surface area is 565 Å². The van der Waals surface area contributed by atoms with Crippen molar-refractivity contribution in [2.75, 3.05) is 47.4 Å². The summed E-state index contributed by atoms with van der Waals surface area (Å²) in [5.74, 6) is 2.29. The number of piperidine rings is 2. The van der Waals surface area contributed by atoms with E-state index in [1.54, 1.807) is 32.3 Å². The molecular weight excluding hydrogens is 1220 g/mol. The van der Waals surface area contributed by atoms with Crippen molar-refractivity contribution < 1.29 is 18.9 Å². The highest BCUT2D eigenvalue weighted by Crippen LogP contribution is 2.42. The molecule has 0 radical (unpaired) electrons. The van der Waals surface area contributed by atoms with Crippen LogP contribution in [0.25, 0.3) is 67.7 Å². The molecule has 22 heteroatoms. The zero-order valence-electron chi connectivity index (χ0n) is 55.4. The van der Waals surface area contributed by atoms with Gasteiger partial charge in [0.1, 0.15) is 27.8 Å². The first kappa shape index (κ1) is 65.4. The van der Waals surface area contributed by atoms with Crippen LogP contribution in [0.2, 0.25) is 5.15 Å². The fourth-order valence-corrected chi connectivity index (χ4v) is 13.7. The summed E-state index contributed by atoms with van der Waals surface area (Å²) < 4.78 is 16.4. The summed E-state index contributed by atoms with van der Waals surface area (Å²) >= 11 is 6.17. The normalized spacial score (nSPS) is 17.9. The number of nitrogen functional groups attached to an aromatic ring is 2. The minimum Gasteiger partial charge on any atom is -0.399 e. The number of nitrogens with zero attached hydrogens (tertiary/aromatic N) is 10. The van der Waals surface area contributed by atoms with Gasteiger partial charge in [-0.15, -0.1) is 0 Å². The molecule has 3 aliphatic heterocycles. The number of pyridine rings is 4. The van der Waals surface area contributed by atoms with Gasteiger partial charge in [0.05, 0.1) is 28.0 Å². The quantitative estimate of drug-likeness (QED) is 0.0490. The highest BCUT2D eigenvalue weighted by molar-refractivity contribution is 6.62. The third-order valence-electron chi connectivity index (χ3n) is 20.1. The fourth-order valence-electron chi connectivity index (χ4n) is 13.5. The standard InChI is InChI=1S/C34H36N8O.C21H19ClN6.C19H29BN2O3/c1-22(43)38-25-14-19-41(20-15-25)27-6-2-5-23(21-27)29-12-13-30-33(39-29)42(32(40-30)28-7-3-18-37-31(28)35)26-10-8-24(9-11-26)34(36)16-4-17-34;22-17-9-8-16-20(27-17)28(19(26-16)15-3-1-12-25-18(15)23)14-6-4-13(5-7-14)21(24)10-2-11-21;1-14(23)21-16-9-11-22(12-10-16)17-8-6-7-15(13-17)20-24-18(2,3)19(4,5)25-20/h2-3,5-13,18,21,25H,4,14-17,19-20,36H2,1H3,(H2,35,37)(H,38,43);1,3-9,12H,2,10-11,24H2,(H2,23,25);6-8,13,16H,9-12H2,1-5H3,(H,21,23). The van der Waals surface area contributed by atoms with E-state index in [1.807, 2.05) is 59.2 Å². The predicted molar refractivity (Wildman–Crippen MR) is 383 cm³/mol. The maximum Gasteiger partial charge on any atom is 0.494 e. The molecule has 5 fully saturated rings. The van der Waals surface area contributed by atoms with E-state index in [2.05, 4.69) is 153 Å². The summed E-state index contributed by atoms with van der Waals surface area (Å²) in [7, 11) is -0.332. The second-order valence-electron chi connectivity index (χ2n) is 27.2. The molecule has 3 saturated heterocycles. The number of carbonyl (C=O) groups excluding carboxylic acids is 2. The molecule has 4 aromatic carbocycles. The van der Waals surface area contributed by atoms with Crippen molar-refractivity contribution in [1.29, 1.82) is 0 Å². The minimum absolute atomic E-state index is 0.0353. The largest absolute Gasteiger partial charge is 0.494 e. The van der Waals surface area contributed by atoms with Crippen LogP contribution in [0, 0.1) is 0 Å². The Morgan fingerprint density at radius 3 is 1.43 bits per heavy atom. The Morgan fingerprint density at radius 2 is 0.979 bits per heavy atom. The predicted octanol–water partition coefficient (Wildman–Crippen LogP) is 11.3. The molecule has 6 aromatic heterocycles. The van der Waals surface area contributed by atoms with Gasteiger partial charge in [-0.05, 0) is 206 Å². The van der Waals surface area contributed by atoms with E-state index < -0.39 is 0 Å². The molecule has 10 aromatic rings. The van der Waals surface area contributed by atoms with Crippen LogP contribution in [0.1, 0.15) is 117 Å². The van der Waals surface area contributed by atoms with Crippen LogP contribution in [-0.2, 0) is 30.0 Å². The lowest BCUT2D eigenvalue weighted by Gasteiger charge is -2.38. The highest BCUT2D eigenvalue weighted by atomic mass is 35.5. The van der Waals surface area contributed by atoms with Crippen molar-refractivity contribution in [3.63, 3.8) is 0 Å². The van der Waals surface area contributed by atoms with Gasteiger partial charge in [-0.25, -0.2) is 29.9 Å². The SMILES string of the molecule is CC(=O)NC1CCN(c2cccc(-c3ccc4nc(-c5cccnc5N)n(-c5ccc(C6(N)CCC6)cc5)c4n3)c2)CC1.CC(=O)NC1CCN(c2cccc(B3OC(C)(C)C(C)(C)O3)c2)CC1.Nc1ncccc1-c1nc2ccc(Cl)nc2n1-c1ccc(C2(N)CCC2)cc1. The molecular formula is C74H84BClN16O4. The Balaban J connectivity index is 0.000000137. The van der Waals surface area contributed by atoms with Crippen molar-refractivity contribution in [3.05, 3.63) is 174 Å². The number of fused-ring (bicyclic) bond motifs is 2. The van der Waals surface area contributed by atoms with Gasteiger partial charge >= 0.3 is 7.12 Å². The first-order valence-electron chi connectivity index (χ1n) is 33.4. The molecule has 0 unspecified atom stereocenters. The fraction of sp³-hybridized carbons (Fsp3) is 0.351. The first-order chi connectivity index (χ1) is 46.1. The van der Waals surface area contributed by atoms with E-state index in [4.69, 9.17) is 58.8 Å². The van der Waals surface area contributed by atoms with Gasteiger partial charge in [0.15, 0.2) is 22.9 Å². The van der Waals surface area contributed by atoms with Crippen LogP contribution in [0.15, 0.2) is 158 Å². The highest BCUT2D eigenvalue weighted by Gasteiger charge is 2.52. The lowest BCUT2D eigenvalue weighted by molar-refractivity contribution is -0.120. The number of nitrogens with two attached hydrogens (primary N) is 4. The molecule has 5 aliphatic rings. The van der Waals surface area contributed by atoms with Crippen molar-refractivity contribution in [1.82, 2.24) is 49.7 Å². The average molecular weight is 1310 g/mol. The summed E-state index contributed by atoms with van der Waals surface area (Å²) in [6, 6.07) is 49.4. The van der Waals surface area contributed by atoms with Crippen LogP contribution < -0.4 is 48.8 Å². The number of benzene rings is 4. The van der Waals surface area contributed by atoms with Crippen LogP contribution in [0.5, 0.6) is 0 Å². The first-order valence-corrected chi connectivity index (χ1v) is 33.7. The Morgan fingerprint density at radius 1 is 0.531 bits per heavy atom. The number of anilines is 4. The van der Waals surface area contributed by atoms with Gasteiger partial charge in [-0.2, -0.15) is 0 Å². The molecule has 2 saturated carbocycles. The average Bonchev–Trinajstić information content (AvgIpc) is 1.58. The lowest BCUT2D eigenvalue weighted by atomic mass is 9.73. The van der Waals surface area contributed by atoms with Crippen LogP contribution in [0.3, 0.4) is 0 Å². The molecule has 494 valence electrons. The number of halogens is 1. The van der Waals surface area contributed by atoms with Crippen molar-refractivity contribution in [2.45, 2.75) is 140 Å². The van der Waals surface area contributed by atoms with E-state index in [-0.39, 0.29) is 47.3 Å². The summed E-state index contributed by atoms with van der Waals surface area (Å²) in [5, 5.41) is 6.49. The second kappa shape index (κ2) is 26.7. The van der Waals surface area contributed by atoms with Gasteiger partial charge in [-0.3, -0.25) is 18.7 Å². The Kier molecular flexibility index (Phi) is 18.2. The number of rotatable bonds is 12. The van der Waals surface area contributed by atoms with Gasteiger partial charge < -0.3 is 52.7 Å². The monoisotopic (exact) mass is 1310 g/mol. The summed E-state index contributed by atoms with van der Waals surface area (Å²) in [6.07, 6.45) is 13.6. The molecule has 20 nitrogen and oxygen atoms in total. The molecule has 0 spiro atoms. The van der Waals surface area contributed by atoms with E-state index in [9.17, 15) is 9.59 Å². The smallest absolute Gasteiger partial charge is 0.399 e. The molecule has 0 bridgehead atoms. The molecule has 0 atom stereocenters. The molecule has 96 heavy (non-hydrogen) atoms. The lowest BCUT2D eigenvalue weighted by Crippen LogP contribution is -2.44. The summed E-state index contributed by atoms with van der Waals surface area (Å²) in [4.78, 5) is 55.4. The van der Waals surface area contributed by atoms with Crippen molar-refractivity contribution in [3.8, 4) is 45.4 Å². The Hall–Kier alpha value is -9.25. The number of carbonyl (C=O) groups is 2. The minimum atomic E-state index is -0.332. The van der Waals surface area contributed by atoms with E-state index >= 15 is 0 Å². The van der Waals surface area contributed by atoms with E-state index in [0.29, 0.717) is 40.1 Å². The van der Waals surface area contributed by atoms with Crippen LogP contribution in [0.4, 0.5) is 23.0 Å². The van der Waals surface area contributed by atoms with E-state index in [1.165, 1.54) is 12.1 Å². The number of hydrogen-bond acceptors (Lipinski definition) is 16. The molecule has 2 aliphatic carbocycles. The summed E-state index contributed by atoms with van der Waals surface area (Å²) in [6.45, 7) is 15.1. The van der Waals surface area contributed by atoms with E-state index in [0.717, 1.165) is 157 Å². The zero-order valence-corrected chi connectivity index (χ0v) is 56.2. The van der Waals surface area contributed by atoms with Gasteiger partial charge in [0.25, 0.3) is 0 Å². The maximum absolute atomic E-state index is 11.5. The van der Waals surface area contributed by atoms with Gasteiger partial charge in [-0.1, -0.05) is 60.1 Å². The zero-order chi connectivity index (χ0) is 67.1. The number of amides is 2. The van der Waals surface area contributed by atoms with Crippen LogP contribution >= 0.6 is 11.6 Å². The van der Waals surface area contributed by atoms with Crippen molar-refractivity contribution in [2.24, 2.45) is 11.5 Å². The third kappa shape index (κ3) is 13.5.